The van der Waals surface area contributed by atoms with E-state index >= 15 is 0 Å². The average Bonchev–Trinajstić information content (AvgIpc) is 2.42. The fraction of sp³-hybridized carbons (Fsp3) is 0.143. The molecule has 1 aromatic carbocycles. The Balaban J connectivity index is 2.35. The second kappa shape index (κ2) is 6.24. The average molecular weight is 356 g/mol. The lowest BCUT2D eigenvalue weighted by Gasteiger charge is -2.11. The van der Waals surface area contributed by atoms with Gasteiger partial charge in [-0.2, -0.15) is 0 Å². The molecule has 0 aliphatic rings. The van der Waals surface area contributed by atoms with Crippen molar-refractivity contribution in [3.63, 3.8) is 0 Å². The zero-order valence-corrected chi connectivity index (χ0v) is 13.0. The van der Waals surface area contributed by atoms with E-state index in [1.165, 1.54) is 6.07 Å². The summed E-state index contributed by atoms with van der Waals surface area (Å²) < 4.78 is 0.996. The molecule has 0 radical (unpaired) electrons. The van der Waals surface area contributed by atoms with Gasteiger partial charge in [-0.05, 0) is 42.3 Å². The summed E-state index contributed by atoms with van der Waals surface area (Å²) in [4.78, 5) is 15.0. The molecule has 20 heavy (non-hydrogen) atoms. The molecule has 0 bridgehead atoms. The Kier molecular flexibility index (Phi) is 4.62. The number of aromatic carboxylic acids is 1. The van der Waals surface area contributed by atoms with Crippen molar-refractivity contribution in [3.8, 4) is 0 Å². The van der Waals surface area contributed by atoms with E-state index in [-0.39, 0.29) is 10.7 Å². The first-order chi connectivity index (χ1) is 9.51. The molecule has 1 heterocycles. The van der Waals surface area contributed by atoms with Crippen LogP contribution >= 0.6 is 27.5 Å². The number of aryl methyl sites for hydroxylation is 1. The highest BCUT2D eigenvalue weighted by atomic mass is 79.9. The monoisotopic (exact) mass is 354 g/mol. The second-order valence-electron chi connectivity index (χ2n) is 4.11. The number of benzene rings is 1. The molecule has 2 rings (SSSR count). The number of carboxylic acid groups (broad SMARTS) is 1. The molecule has 0 saturated heterocycles. The number of nitrogens with zero attached hydrogens (tertiary/aromatic N) is 1. The number of carboxylic acids is 1. The van der Waals surface area contributed by atoms with Crippen molar-refractivity contribution < 1.29 is 9.90 Å². The van der Waals surface area contributed by atoms with Crippen LogP contribution in [0.3, 0.4) is 0 Å². The highest BCUT2D eigenvalue weighted by molar-refractivity contribution is 9.10. The topological polar surface area (TPSA) is 62.2 Å². The van der Waals surface area contributed by atoms with Crippen molar-refractivity contribution in [3.05, 3.63) is 51.1 Å². The van der Waals surface area contributed by atoms with E-state index in [0.717, 1.165) is 22.1 Å². The predicted octanol–water partition coefficient (Wildman–Crippen LogP) is 4.50. The first kappa shape index (κ1) is 14.8. The van der Waals surface area contributed by atoms with Crippen molar-refractivity contribution in [2.75, 3.05) is 5.32 Å². The number of halogens is 2. The Morgan fingerprint density at radius 3 is 2.80 bits per heavy atom. The second-order valence-corrected chi connectivity index (χ2v) is 5.43. The predicted molar refractivity (Wildman–Crippen MR) is 83.0 cm³/mol. The molecule has 2 N–H and O–H groups in total. The zero-order valence-electron chi connectivity index (χ0n) is 10.7. The van der Waals surface area contributed by atoms with E-state index in [1.54, 1.807) is 6.07 Å². The molecular formula is C14H12BrClN2O2. The standard InChI is InChI=1S/C14H12BrClN2O2/c1-2-8-7-9(15)3-5-11(8)17-12-6-4-10(16)13(18-12)14(19)20/h3-7H,2H2,1H3,(H,17,18)(H,19,20). The van der Waals surface area contributed by atoms with E-state index < -0.39 is 5.97 Å². The molecule has 0 saturated carbocycles. The minimum Gasteiger partial charge on any atom is -0.476 e. The van der Waals surface area contributed by atoms with Gasteiger partial charge in [0, 0.05) is 10.2 Å². The molecule has 4 nitrogen and oxygen atoms in total. The van der Waals surface area contributed by atoms with E-state index in [4.69, 9.17) is 16.7 Å². The zero-order chi connectivity index (χ0) is 14.7. The van der Waals surface area contributed by atoms with Crippen molar-refractivity contribution in [1.82, 2.24) is 4.98 Å². The van der Waals surface area contributed by atoms with Gasteiger partial charge in [0.1, 0.15) is 5.82 Å². The van der Waals surface area contributed by atoms with Crippen LogP contribution < -0.4 is 5.32 Å². The van der Waals surface area contributed by atoms with Crippen molar-refractivity contribution in [1.29, 1.82) is 0 Å². The molecular weight excluding hydrogens is 344 g/mol. The molecule has 0 spiro atoms. The third-order valence-electron chi connectivity index (χ3n) is 2.76. The number of nitrogens with one attached hydrogen (secondary N) is 1. The third kappa shape index (κ3) is 3.29. The summed E-state index contributed by atoms with van der Waals surface area (Å²) in [5.74, 6) is -0.700. The van der Waals surface area contributed by atoms with Gasteiger partial charge >= 0.3 is 5.97 Å². The summed E-state index contributed by atoms with van der Waals surface area (Å²) in [6, 6.07) is 9.01. The number of rotatable bonds is 4. The van der Waals surface area contributed by atoms with Gasteiger partial charge < -0.3 is 10.4 Å². The van der Waals surface area contributed by atoms with Crippen molar-refractivity contribution in [2.45, 2.75) is 13.3 Å². The number of hydrogen-bond donors (Lipinski definition) is 2. The molecule has 0 atom stereocenters. The summed E-state index contributed by atoms with van der Waals surface area (Å²) in [7, 11) is 0. The normalized spacial score (nSPS) is 10.3. The van der Waals surface area contributed by atoms with Gasteiger partial charge in [0.25, 0.3) is 0 Å². The maximum Gasteiger partial charge on any atom is 0.356 e. The van der Waals surface area contributed by atoms with Crippen LogP contribution in [-0.2, 0) is 6.42 Å². The summed E-state index contributed by atoms with van der Waals surface area (Å²) in [5, 5.41) is 12.3. The van der Waals surface area contributed by atoms with Crippen LogP contribution in [0.4, 0.5) is 11.5 Å². The number of anilines is 2. The SMILES string of the molecule is CCc1cc(Br)ccc1Nc1ccc(Cl)c(C(=O)O)n1. The first-order valence-electron chi connectivity index (χ1n) is 5.96. The molecule has 0 fully saturated rings. The smallest absolute Gasteiger partial charge is 0.356 e. The van der Waals surface area contributed by atoms with Crippen LogP contribution in [0.25, 0.3) is 0 Å². The number of pyridine rings is 1. The number of aromatic nitrogens is 1. The van der Waals surface area contributed by atoms with Crippen LogP contribution in [0.5, 0.6) is 0 Å². The Hall–Kier alpha value is -1.59. The van der Waals surface area contributed by atoms with E-state index in [9.17, 15) is 4.79 Å². The van der Waals surface area contributed by atoms with Gasteiger partial charge in [0.05, 0.1) is 5.02 Å². The Labute approximate surface area is 129 Å². The maximum atomic E-state index is 11.0. The van der Waals surface area contributed by atoms with Gasteiger partial charge in [-0.3, -0.25) is 0 Å². The fourth-order valence-electron chi connectivity index (χ4n) is 1.78. The summed E-state index contributed by atoms with van der Waals surface area (Å²) in [6.45, 7) is 2.05. The Morgan fingerprint density at radius 2 is 2.15 bits per heavy atom. The number of hydrogen-bond acceptors (Lipinski definition) is 3. The van der Waals surface area contributed by atoms with Crippen molar-refractivity contribution >= 4 is 45.0 Å². The Morgan fingerprint density at radius 1 is 1.40 bits per heavy atom. The van der Waals surface area contributed by atoms with E-state index in [0.29, 0.717) is 5.82 Å². The summed E-state index contributed by atoms with van der Waals surface area (Å²) in [5.41, 5.74) is 1.83. The van der Waals surface area contributed by atoms with Gasteiger partial charge in [-0.15, -0.1) is 0 Å². The lowest BCUT2D eigenvalue weighted by atomic mass is 10.1. The molecule has 0 aliphatic carbocycles. The van der Waals surface area contributed by atoms with Crippen LogP contribution in [0, 0.1) is 0 Å². The van der Waals surface area contributed by atoms with Gasteiger partial charge in [-0.1, -0.05) is 34.5 Å². The molecule has 1 aromatic heterocycles. The lowest BCUT2D eigenvalue weighted by molar-refractivity contribution is 0.0691. The minimum atomic E-state index is -1.15. The largest absolute Gasteiger partial charge is 0.476 e. The van der Waals surface area contributed by atoms with Crippen molar-refractivity contribution in [2.24, 2.45) is 0 Å². The van der Waals surface area contributed by atoms with E-state index in [1.807, 2.05) is 25.1 Å². The summed E-state index contributed by atoms with van der Waals surface area (Å²) in [6.07, 6.45) is 0.848. The molecule has 104 valence electrons. The third-order valence-corrected chi connectivity index (χ3v) is 3.56. The minimum absolute atomic E-state index is 0.120. The number of carbonyl (C=O) groups is 1. The van der Waals surface area contributed by atoms with E-state index in [2.05, 4.69) is 26.2 Å². The fourth-order valence-corrected chi connectivity index (χ4v) is 2.37. The Bertz CT molecular complexity index is 662. The quantitative estimate of drug-likeness (QED) is 0.847. The highest BCUT2D eigenvalue weighted by Gasteiger charge is 2.12. The highest BCUT2D eigenvalue weighted by Crippen LogP contribution is 2.25. The molecule has 2 aromatic rings. The van der Waals surface area contributed by atoms with Crippen LogP contribution in [0.15, 0.2) is 34.8 Å². The van der Waals surface area contributed by atoms with Gasteiger partial charge in [0.15, 0.2) is 5.69 Å². The molecule has 0 amide bonds. The lowest BCUT2D eigenvalue weighted by Crippen LogP contribution is -2.04. The van der Waals surface area contributed by atoms with Crippen LogP contribution in [0.2, 0.25) is 5.02 Å². The van der Waals surface area contributed by atoms with Crippen LogP contribution in [-0.4, -0.2) is 16.1 Å². The summed E-state index contributed by atoms with van der Waals surface area (Å²) >= 11 is 9.22. The maximum absolute atomic E-state index is 11.0. The molecule has 0 aliphatic heterocycles. The van der Waals surface area contributed by atoms with Gasteiger partial charge in [-0.25, -0.2) is 9.78 Å². The molecule has 6 heteroatoms. The van der Waals surface area contributed by atoms with Gasteiger partial charge in [0.2, 0.25) is 0 Å². The molecule has 0 unspecified atom stereocenters. The van der Waals surface area contributed by atoms with Crippen LogP contribution in [0.1, 0.15) is 23.0 Å². The first-order valence-corrected chi connectivity index (χ1v) is 7.13.